The van der Waals surface area contributed by atoms with Crippen LogP contribution >= 0.6 is 11.8 Å². The van der Waals surface area contributed by atoms with Crippen LogP contribution in [-0.2, 0) is 11.4 Å². The summed E-state index contributed by atoms with van der Waals surface area (Å²) in [5.74, 6) is 0.727. The summed E-state index contributed by atoms with van der Waals surface area (Å²) in [7, 11) is 0. The van der Waals surface area contributed by atoms with Crippen molar-refractivity contribution in [2.24, 2.45) is 5.92 Å². The molecule has 0 N–H and O–H groups in total. The highest BCUT2D eigenvalue weighted by atomic mass is 32.2. The zero-order chi connectivity index (χ0) is 21.7. The van der Waals surface area contributed by atoms with Crippen molar-refractivity contribution in [1.29, 1.82) is 0 Å². The first-order valence-corrected chi connectivity index (χ1v) is 10.6. The van der Waals surface area contributed by atoms with Gasteiger partial charge >= 0.3 is 0 Å². The molecule has 0 atom stereocenters. The van der Waals surface area contributed by atoms with Gasteiger partial charge in [0.2, 0.25) is 0 Å². The molecule has 0 aromatic heterocycles. The third kappa shape index (κ3) is 5.42. The Morgan fingerprint density at radius 3 is 2.47 bits per heavy atom. The molecule has 1 heterocycles. The van der Waals surface area contributed by atoms with Gasteiger partial charge in [-0.25, -0.2) is 4.39 Å². The second kappa shape index (κ2) is 9.80. The van der Waals surface area contributed by atoms with E-state index in [1.165, 1.54) is 17.0 Å². The molecule has 3 rings (SSSR count). The van der Waals surface area contributed by atoms with Crippen LogP contribution in [0.25, 0.3) is 6.08 Å². The van der Waals surface area contributed by atoms with Gasteiger partial charge in [0.05, 0.1) is 11.5 Å². The smallest absolute Gasteiger partial charge is 0.293 e. The summed E-state index contributed by atoms with van der Waals surface area (Å²) in [5, 5.41) is -0.246. The SMILES string of the molecule is CCOc1cc(/C=C2\SC(=O)N(CC(C)C)C2=O)ccc1OCc1ccc(F)cc1. The van der Waals surface area contributed by atoms with Gasteiger partial charge in [0.15, 0.2) is 11.5 Å². The molecule has 0 radical (unpaired) electrons. The van der Waals surface area contributed by atoms with Crippen molar-refractivity contribution in [3.8, 4) is 11.5 Å². The number of carbonyl (C=O) groups is 2. The first-order valence-electron chi connectivity index (χ1n) is 9.76. The second-order valence-corrected chi connectivity index (χ2v) is 8.23. The van der Waals surface area contributed by atoms with Gasteiger partial charge in [-0.2, -0.15) is 0 Å². The molecule has 30 heavy (non-hydrogen) atoms. The Morgan fingerprint density at radius 1 is 1.07 bits per heavy atom. The predicted octanol–water partition coefficient (Wildman–Crippen LogP) is 5.50. The van der Waals surface area contributed by atoms with Gasteiger partial charge in [0.1, 0.15) is 12.4 Å². The second-order valence-electron chi connectivity index (χ2n) is 7.24. The summed E-state index contributed by atoms with van der Waals surface area (Å²) in [6.07, 6.45) is 1.69. The molecule has 7 heteroatoms. The topological polar surface area (TPSA) is 55.8 Å². The maximum Gasteiger partial charge on any atom is 0.293 e. The fourth-order valence-electron chi connectivity index (χ4n) is 2.92. The zero-order valence-corrected chi connectivity index (χ0v) is 18.0. The van der Waals surface area contributed by atoms with E-state index in [0.717, 1.165) is 22.9 Å². The molecule has 2 aromatic carbocycles. The molecule has 1 fully saturated rings. The minimum absolute atomic E-state index is 0.208. The van der Waals surface area contributed by atoms with Gasteiger partial charge in [-0.15, -0.1) is 0 Å². The maximum atomic E-state index is 13.0. The van der Waals surface area contributed by atoms with Crippen LogP contribution in [0.2, 0.25) is 0 Å². The number of nitrogens with zero attached hydrogens (tertiary/aromatic N) is 1. The highest BCUT2D eigenvalue weighted by Crippen LogP contribution is 2.35. The minimum atomic E-state index is -0.295. The van der Waals surface area contributed by atoms with E-state index in [1.54, 1.807) is 36.4 Å². The molecule has 0 unspecified atom stereocenters. The van der Waals surface area contributed by atoms with E-state index in [9.17, 15) is 14.0 Å². The molecule has 0 aliphatic carbocycles. The van der Waals surface area contributed by atoms with E-state index >= 15 is 0 Å². The maximum absolute atomic E-state index is 13.0. The van der Waals surface area contributed by atoms with E-state index in [1.807, 2.05) is 20.8 Å². The van der Waals surface area contributed by atoms with Crippen LogP contribution < -0.4 is 9.47 Å². The van der Waals surface area contributed by atoms with Gasteiger partial charge in [0, 0.05) is 6.54 Å². The summed E-state index contributed by atoms with van der Waals surface area (Å²) >= 11 is 0.947. The van der Waals surface area contributed by atoms with Crippen LogP contribution in [0.1, 0.15) is 31.9 Å². The van der Waals surface area contributed by atoms with Crippen molar-refractivity contribution in [1.82, 2.24) is 4.90 Å². The number of benzene rings is 2. The van der Waals surface area contributed by atoms with Gasteiger partial charge < -0.3 is 9.47 Å². The van der Waals surface area contributed by atoms with Crippen LogP contribution in [0.15, 0.2) is 47.4 Å². The standard InChI is InChI=1S/C23H24FNO4S/c1-4-28-20-11-17(12-21-22(26)25(13-15(2)3)23(27)30-21)7-10-19(20)29-14-16-5-8-18(24)9-6-16/h5-12,15H,4,13-14H2,1-3H3/b21-12-. The number of halogens is 1. The van der Waals surface area contributed by atoms with Gasteiger partial charge in [-0.3, -0.25) is 14.5 Å². The van der Waals surface area contributed by atoms with Crippen molar-refractivity contribution in [2.45, 2.75) is 27.4 Å². The highest BCUT2D eigenvalue weighted by molar-refractivity contribution is 8.18. The average molecular weight is 430 g/mol. The number of thioether (sulfide) groups is 1. The molecular formula is C23H24FNO4S. The molecule has 0 bridgehead atoms. The minimum Gasteiger partial charge on any atom is -0.490 e. The third-order valence-electron chi connectivity index (χ3n) is 4.29. The first kappa shape index (κ1) is 21.9. The molecule has 0 saturated carbocycles. The van der Waals surface area contributed by atoms with E-state index in [-0.39, 0.29) is 29.5 Å². The summed E-state index contributed by atoms with van der Waals surface area (Å²) in [6.45, 7) is 6.92. The van der Waals surface area contributed by atoms with Crippen LogP contribution in [0.3, 0.4) is 0 Å². The molecule has 1 aliphatic rings. The highest BCUT2D eigenvalue weighted by Gasteiger charge is 2.35. The number of ether oxygens (including phenoxy) is 2. The Hall–Kier alpha value is -2.80. The van der Waals surface area contributed by atoms with E-state index in [4.69, 9.17) is 9.47 Å². The molecule has 1 saturated heterocycles. The van der Waals surface area contributed by atoms with Gasteiger partial charge in [-0.05, 0) is 66.1 Å². The Balaban J connectivity index is 1.77. The fraction of sp³-hybridized carbons (Fsp3) is 0.304. The van der Waals surface area contributed by atoms with Crippen LogP contribution in [-0.4, -0.2) is 29.2 Å². The largest absolute Gasteiger partial charge is 0.490 e. The van der Waals surface area contributed by atoms with E-state index < -0.39 is 0 Å². The van der Waals surface area contributed by atoms with Gasteiger partial charge in [0.25, 0.3) is 11.1 Å². The number of hydrogen-bond acceptors (Lipinski definition) is 5. The first-order chi connectivity index (χ1) is 14.4. The molecule has 0 spiro atoms. The number of rotatable bonds is 8. The van der Waals surface area contributed by atoms with Gasteiger partial charge in [-0.1, -0.05) is 32.0 Å². The number of imide groups is 1. The van der Waals surface area contributed by atoms with E-state index in [2.05, 4.69) is 0 Å². The van der Waals surface area contributed by atoms with Crippen molar-refractivity contribution in [2.75, 3.05) is 13.2 Å². The molecule has 1 aliphatic heterocycles. The van der Waals surface area contributed by atoms with E-state index in [0.29, 0.717) is 29.6 Å². The van der Waals surface area contributed by atoms with Crippen molar-refractivity contribution in [3.63, 3.8) is 0 Å². The Morgan fingerprint density at radius 2 is 1.80 bits per heavy atom. The lowest BCUT2D eigenvalue weighted by molar-refractivity contribution is -0.123. The molecular weight excluding hydrogens is 405 g/mol. The quantitative estimate of drug-likeness (QED) is 0.519. The van der Waals surface area contributed by atoms with Crippen molar-refractivity contribution >= 4 is 29.0 Å². The third-order valence-corrected chi connectivity index (χ3v) is 5.20. The number of amides is 2. The molecule has 158 valence electrons. The Labute approximate surface area is 179 Å². The Kier molecular flexibility index (Phi) is 7.15. The summed E-state index contributed by atoms with van der Waals surface area (Å²) in [4.78, 5) is 26.4. The predicted molar refractivity (Wildman–Crippen MR) is 116 cm³/mol. The summed E-state index contributed by atoms with van der Waals surface area (Å²) in [5.41, 5.74) is 1.57. The summed E-state index contributed by atoms with van der Waals surface area (Å²) in [6, 6.07) is 11.4. The Bertz CT molecular complexity index is 956. The lowest BCUT2D eigenvalue weighted by Gasteiger charge is -2.14. The van der Waals surface area contributed by atoms with Crippen LogP contribution in [0.5, 0.6) is 11.5 Å². The molecule has 2 amide bonds. The molecule has 5 nitrogen and oxygen atoms in total. The molecule has 2 aromatic rings. The average Bonchev–Trinajstić information content (AvgIpc) is 2.96. The lowest BCUT2D eigenvalue weighted by atomic mass is 10.1. The van der Waals surface area contributed by atoms with Crippen molar-refractivity contribution < 1.29 is 23.5 Å². The normalized spacial score (nSPS) is 15.4. The van der Waals surface area contributed by atoms with Crippen molar-refractivity contribution in [3.05, 3.63) is 64.3 Å². The number of carbonyl (C=O) groups excluding carboxylic acids is 2. The monoisotopic (exact) mass is 429 g/mol. The summed E-state index contributed by atoms with van der Waals surface area (Å²) < 4.78 is 24.6. The number of hydrogen-bond donors (Lipinski definition) is 0. The lowest BCUT2D eigenvalue weighted by Crippen LogP contribution is -2.31. The fourth-order valence-corrected chi connectivity index (χ4v) is 3.77. The zero-order valence-electron chi connectivity index (χ0n) is 17.2. The van der Waals surface area contributed by atoms with Crippen LogP contribution in [0, 0.1) is 11.7 Å². The van der Waals surface area contributed by atoms with Crippen LogP contribution in [0.4, 0.5) is 9.18 Å².